The van der Waals surface area contributed by atoms with Gasteiger partial charge in [-0.15, -0.1) is 11.8 Å². The third kappa shape index (κ3) is 4.75. The molecule has 1 atom stereocenters. The van der Waals surface area contributed by atoms with Crippen molar-refractivity contribution in [2.45, 2.75) is 44.3 Å². The smallest absolute Gasteiger partial charge is 0.319 e. The van der Waals surface area contributed by atoms with Crippen molar-refractivity contribution in [3.8, 4) is 0 Å². The minimum absolute atomic E-state index is 0.177. The van der Waals surface area contributed by atoms with Crippen LogP contribution in [0.25, 0.3) is 0 Å². The van der Waals surface area contributed by atoms with Gasteiger partial charge in [0.1, 0.15) is 16.6 Å². The predicted molar refractivity (Wildman–Crippen MR) is 65.3 cm³/mol. The van der Waals surface area contributed by atoms with Gasteiger partial charge in [0.25, 0.3) is 0 Å². The van der Waals surface area contributed by atoms with E-state index in [2.05, 4.69) is 0 Å². The highest BCUT2D eigenvalue weighted by Crippen LogP contribution is 2.20. The Morgan fingerprint density at radius 1 is 1.56 bits per heavy atom. The van der Waals surface area contributed by atoms with Crippen molar-refractivity contribution in [1.29, 1.82) is 0 Å². The highest BCUT2D eigenvalue weighted by molar-refractivity contribution is 7.99. The van der Waals surface area contributed by atoms with E-state index < -0.39 is 5.60 Å². The molecule has 0 aromatic carbocycles. The molecule has 0 saturated heterocycles. The Bertz CT molecular complexity index is 325. The van der Waals surface area contributed by atoms with E-state index in [0.29, 0.717) is 5.75 Å². The topological polar surface area (TPSA) is 39.4 Å². The fraction of sp³-hybridized carbons (Fsp3) is 0.583. The quantitative estimate of drug-likeness (QED) is 0.760. The molecule has 0 aliphatic rings. The maximum Gasteiger partial charge on any atom is 0.319 e. The molecule has 0 N–H and O–H groups in total. The lowest BCUT2D eigenvalue weighted by Crippen LogP contribution is -2.28. The molecule has 0 aliphatic carbocycles. The van der Waals surface area contributed by atoms with Crippen molar-refractivity contribution >= 4 is 17.7 Å². The zero-order valence-electron chi connectivity index (χ0n) is 10.1. The summed E-state index contributed by atoms with van der Waals surface area (Å²) in [6.07, 6.45) is 1.63. The Kier molecular flexibility index (Phi) is 4.47. The summed E-state index contributed by atoms with van der Waals surface area (Å²) in [6, 6.07) is 3.74. The largest absolute Gasteiger partial charge is 0.468 e. The lowest BCUT2D eigenvalue weighted by Gasteiger charge is -2.21. The van der Waals surface area contributed by atoms with E-state index in [0.717, 1.165) is 5.76 Å². The van der Waals surface area contributed by atoms with Gasteiger partial charge >= 0.3 is 5.97 Å². The number of hydrogen-bond acceptors (Lipinski definition) is 4. The van der Waals surface area contributed by atoms with Crippen molar-refractivity contribution in [2.75, 3.05) is 0 Å². The first-order valence-corrected chi connectivity index (χ1v) is 6.30. The lowest BCUT2D eigenvalue weighted by molar-refractivity contribution is -0.153. The number of esters is 1. The minimum Gasteiger partial charge on any atom is -0.468 e. The van der Waals surface area contributed by atoms with Crippen LogP contribution in [0.5, 0.6) is 0 Å². The summed E-state index contributed by atoms with van der Waals surface area (Å²) in [5, 5.41) is -0.177. The standard InChI is InChI=1S/C12H18O3S/c1-9(11(13)15-12(2,3)4)16-8-10-6-5-7-14-10/h5-7,9H,8H2,1-4H3. The molecule has 0 radical (unpaired) electrons. The van der Waals surface area contributed by atoms with Crippen LogP contribution in [0, 0.1) is 0 Å². The number of thioether (sulfide) groups is 1. The second kappa shape index (κ2) is 5.43. The van der Waals surface area contributed by atoms with E-state index >= 15 is 0 Å². The van der Waals surface area contributed by atoms with Gasteiger partial charge in [-0.2, -0.15) is 0 Å². The van der Waals surface area contributed by atoms with E-state index in [4.69, 9.17) is 9.15 Å². The van der Waals surface area contributed by atoms with Crippen molar-refractivity contribution < 1.29 is 13.9 Å². The summed E-state index contributed by atoms with van der Waals surface area (Å²) in [5.74, 6) is 1.39. The third-order valence-electron chi connectivity index (χ3n) is 1.79. The Morgan fingerprint density at radius 3 is 2.75 bits per heavy atom. The minimum atomic E-state index is -0.420. The Labute approximate surface area is 101 Å². The molecule has 0 spiro atoms. The van der Waals surface area contributed by atoms with Crippen LogP contribution in [-0.2, 0) is 15.3 Å². The number of rotatable bonds is 4. The third-order valence-corrected chi connectivity index (χ3v) is 2.94. The van der Waals surface area contributed by atoms with Crippen molar-refractivity contribution in [3.05, 3.63) is 24.2 Å². The van der Waals surface area contributed by atoms with Gasteiger partial charge < -0.3 is 9.15 Å². The molecule has 3 nitrogen and oxygen atoms in total. The van der Waals surface area contributed by atoms with E-state index in [9.17, 15) is 4.79 Å². The monoisotopic (exact) mass is 242 g/mol. The first-order chi connectivity index (χ1) is 7.38. The molecule has 0 bridgehead atoms. The fourth-order valence-corrected chi connectivity index (χ4v) is 1.82. The summed E-state index contributed by atoms with van der Waals surface area (Å²) in [6.45, 7) is 7.46. The molecule has 1 aromatic rings. The van der Waals surface area contributed by atoms with Gasteiger partial charge in [0.15, 0.2) is 0 Å². The van der Waals surface area contributed by atoms with Gasteiger partial charge in [0.05, 0.1) is 12.0 Å². The average Bonchev–Trinajstić information content (AvgIpc) is 2.63. The highest BCUT2D eigenvalue weighted by atomic mass is 32.2. The Morgan fingerprint density at radius 2 is 2.25 bits per heavy atom. The molecule has 1 rings (SSSR count). The Balaban J connectivity index is 2.35. The van der Waals surface area contributed by atoms with Gasteiger partial charge in [-0.05, 0) is 39.8 Å². The molecular formula is C12H18O3S. The number of ether oxygens (including phenoxy) is 1. The molecule has 1 heterocycles. The molecular weight excluding hydrogens is 224 g/mol. The van der Waals surface area contributed by atoms with Gasteiger partial charge in [-0.1, -0.05) is 0 Å². The van der Waals surface area contributed by atoms with Crippen molar-refractivity contribution in [1.82, 2.24) is 0 Å². The zero-order chi connectivity index (χ0) is 12.2. The van der Waals surface area contributed by atoms with Gasteiger partial charge in [0.2, 0.25) is 0 Å². The number of hydrogen-bond donors (Lipinski definition) is 0. The van der Waals surface area contributed by atoms with E-state index in [1.165, 1.54) is 11.8 Å². The van der Waals surface area contributed by atoms with Gasteiger partial charge in [-0.25, -0.2) is 0 Å². The second-order valence-corrected chi connectivity index (χ2v) is 5.90. The average molecular weight is 242 g/mol. The predicted octanol–water partition coefficient (Wildman–Crippen LogP) is 3.24. The maximum absolute atomic E-state index is 11.6. The number of carbonyl (C=O) groups excluding carboxylic acids is 1. The number of furan rings is 1. The van der Waals surface area contributed by atoms with Crippen LogP contribution in [0.3, 0.4) is 0 Å². The van der Waals surface area contributed by atoms with Crippen LogP contribution >= 0.6 is 11.8 Å². The summed E-state index contributed by atoms with van der Waals surface area (Å²) >= 11 is 1.51. The lowest BCUT2D eigenvalue weighted by atomic mass is 10.2. The number of carbonyl (C=O) groups is 1. The molecule has 0 amide bonds. The van der Waals surface area contributed by atoms with Crippen LogP contribution in [0.4, 0.5) is 0 Å². The van der Waals surface area contributed by atoms with Gasteiger partial charge in [0, 0.05) is 0 Å². The second-order valence-electron chi connectivity index (χ2n) is 4.57. The highest BCUT2D eigenvalue weighted by Gasteiger charge is 2.22. The molecule has 0 saturated carbocycles. The van der Waals surface area contributed by atoms with Crippen LogP contribution in [0.1, 0.15) is 33.5 Å². The first kappa shape index (κ1) is 13.2. The molecule has 0 fully saturated rings. The molecule has 4 heteroatoms. The van der Waals surface area contributed by atoms with Crippen LogP contribution in [0.15, 0.2) is 22.8 Å². The SMILES string of the molecule is CC(SCc1ccco1)C(=O)OC(C)(C)C. The summed E-state index contributed by atoms with van der Waals surface area (Å²) in [5.41, 5.74) is -0.420. The Hall–Kier alpha value is -0.900. The summed E-state index contributed by atoms with van der Waals surface area (Å²) < 4.78 is 10.5. The molecule has 1 aromatic heterocycles. The normalized spacial score (nSPS) is 13.5. The molecule has 90 valence electrons. The molecule has 0 aliphatic heterocycles. The van der Waals surface area contributed by atoms with Crippen LogP contribution in [0.2, 0.25) is 0 Å². The molecule has 1 unspecified atom stereocenters. The van der Waals surface area contributed by atoms with Crippen molar-refractivity contribution in [2.24, 2.45) is 0 Å². The summed E-state index contributed by atoms with van der Waals surface area (Å²) in [4.78, 5) is 11.6. The maximum atomic E-state index is 11.6. The van der Waals surface area contributed by atoms with E-state index in [-0.39, 0.29) is 11.2 Å². The fourth-order valence-electron chi connectivity index (χ4n) is 1.05. The van der Waals surface area contributed by atoms with Crippen LogP contribution in [-0.4, -0.2) is 16.8 Å². The first-order valence-electron chi connectivity index (χ1n) is 5.25. The zero-order valence-corrected chi connectivity index (χ0v) is 11.0. The van der Waals surface area contributed by atoms with E-state index in [1.54, 1.807) is 6.26 Å². The van der Waals surface area contributed by atoms with E-state index in [1.807, 2.05) is 39.8 Å². The van der Waals surface area contributed by atoms with Crippen LogP contribution < -0.4 is 0 Å². The molecule has 16 heavy (non-hydrogen) atoms. The van der Waals surface area contributed by atoms with Crippen molar-refractivity contribution in [3.63, 3.8) is 0 Å². The van der Waals surface area contributed by atoms with Gasteiger partial charge in [-0.3, -0.25) is 4.79 Å². The summed E-state index contributed by atoms with van der Waals surface area (Å²) in [7, 11) is 0.